The van der Waals surface area contributed by atoms with Crippen LogP contribution in [-0.2, 0) is 35.4 Å². The summed E-state index contributed by atoms with van der Waals surface area (Å²) >= 11 is 0. The summed E-state index contributed by atoms with van der Waals surface area (Å²) < 4.78 is 42.5. The Morgan fingerprint density at radius 2 is 1.94 bits per heavy atom. The summed E-state index contributed by atoms with van der Waals surface area (Å²) in [4.78, 5) is 25.2. The lowest BCUT2D eigenvalue weighted by Crippen LogP contribution is -2.69. The van der Waals surface area contributed by atoms with Gasteiger partial charge in [0, 0.05) is 19.6 Å². The van der Waals surface area contributed by atoms with Crippen molar-refractivity contribution < 1.29 is 32.2 Å². The summed E-state index contributed by atoms with van der Waals surface area (Å²) in [6.45, 7) is 1.15. The van der Waals surface area contributed by atoms with Crippen LogP contribution in [0, 0.1) is 0 Å². The lowest BCUT2D eigenvalue weighted by Gasteiger charge is -2.48. The first kappa shape index (κ1) is 21.9. The Morgan fingerprint density at radius 1 is 1.22 bits per heavy atom. The van der Waals surface area contributed by atoms with Crippen LogP contribution >= 0.6 is 0 Å². The number of amides is 1. The Morgan fingerprint density at radius 3 is 2.56 bits per heavy atom. The number of hydrogen-bond donors (Lipinski definition) is 0. The van der Waals surface area contributed by atoms with E-state index in [1.807, 2.05) is 12.1 Å². The normalized spacial score (nSPS) is 21.7. The third kappa shape index (κ3) is 3.73. The van der Waals surface area contributed by atoms with Gasteiger partial charge in [-0.1, -0.05) is 12.1 Å². The van der Waals surface area contributed by atoms with E-state index >= 15 is 0 Å². The minimum atomic E-state index is -3.78. The van der Waals surface area contributed by atoms with Crippen molar-refractivity contribution in [2.45, 2.75) is 24.9 Å². The number of benzene rings is 1. The summed E-state index contributed by atoms with van der Waals surface area (Å²) in [5.41, 5.74) is 1.28. The first-order chi connectivity index (χ1) is 15.3. The van der Waals surface area contributed by atoms with Gasteiger partial charge in [0.15, 0.2) is 27.1 Å². The average Bonchev–Trinajstić information content (AvgIpc) is 3.20. The maximum absolute atomic E-state index is 12.8. The zero-order valence-electron chi connectivity index (χ0n) is 17.6. The van der Waals surface area contributed by atoms with Crippen molar-refractivity contribution in [3.8, 4) is 5.75 Å². The molecule has 3 heterocycles. The van der Waals surface area contributed by atoms with Gasteiger partial charge in [-0.25, -0.2) is 13.1 Å². The van der Waals surface area contributed by atoms with Crippen LogP contribution in [0.1, 0.15) is 18.3 Å². The number of fused-ring (bicyclic) bond motifs is 1. The SMILES string of the molecule is COc1ccc(Cn2nnnc2C2=C(COC(C)=O)CS(=O)(=O)[C@H]3[C@@H](OC)C(=O)N23)cc1. The highest BCUT2D eigenvalue weighted by Gasteiger charge is 2.60. The van der Waals surface area contributed by atoms with Gasteiger partial charge in [0.2, 0.25) is 0 Å². The van der Waals surface area contributed by atoms with E-state index in [2.05, 4.69) is 15.5 Å². The molecule has 1 aromatic carbocycles. The fourth-order valence-electron chi connectivity index (χ4n) is 3.76. The summed E-state index contributed by atoms with van der Waals surface area (Å²) in [7, 11) is -0.935. The fourth-order valence-corrected chi connectivity index (χ4v) is 5.77. The monoisotopic (exact) mass is 463 g/mol. The van der Waals surface area contributed by atoms with Crippen LogP contribution in [0.4, 0.5) is 0 Å². The van der Waals surface area contributed by atoms with Crippen molar-refractivity contribution in [2.24, 2.45) is 0 Å². The van der Waals surface area contributed by atoms with E-state index in [9.17, 15) is 18.0 Å². The maximum atomic E-state index is 12.8. The van der Waals surface area contributed by atoms with Gasteiger partial charge in [-0.2, -0.15) is 0 Å². The van der Waals surface area contributed by atoms with Gasteiger partial charge in [-0.05, 0) is 28.1 Å². The van der Waals surface area contributed by atoms with Crippen LogP contribution in [0.2, 0.25) is 0 Å². The van der Waals surface area contributed by atoms with Gasteiger partial charge in [0.25, 0.3) is 5.91 Å². The van der Waals surface area contributed by atoms with Crippen molar-refractivity contribution in [1.29, 1.82) is 0 Å². The molecule has 2 aliphatic rings. The number of rotatable bonds is 7. The van der Waals surface area contributed by atoms with Crippen molar-refractivity contribution in [1.82, 2.24) is 25.1 Å². The molecule has 13 heteroatoms. The Labute approximate surface area is 183 Å². The second-order valence-corrected chi connectivity index (χ2v) is 9.40. The predicted octanol–water partition coefficient (Wildman–Crippen LogP) is -0.384. The van der Waals surface area contributed by atoms with Gasteiger partial charge < -0.3 is 14.2 Å². The van der Waals surface area contributed by atoms with E-state index in [4.69, 9.17) is 14.2 Å². The number of sulfone groups is 1. The Kier molecular flexibility index (Phi) is 5.69. The van der Waals surface area contributed by atoms with Crippen LogP contribution in [0.25, 0.3) is 5.70 Å². The number of β-lactam (4-membered cyclic amide) rings is 1. The highest BCUT2D eigenvalue weighted by atomic mass is 32.2. The van der Waals surface area contributed by atoms with Gasteiger partial charge in [-0.15, -0.1) is 5.10 Å². The molecule has 2 aromatic rings. The van der Waals surface area contributed by atoms with E-state index in [1.165, 1.54) is 18.7 Å². The van der Waals surface area contributed by atoms with E-state index in [1.54, 1.807) is 19.2 Å². The molecule has 170 valence electrons. The summed E-state index contributed by atoms with van der Waals surface area (Å²) in [5.74, 6) is -0.659. The molecular formula is C19H21N5O7S. The number of carbonyl (C=O) groups is 2. The maximum Gasteiger partial charge on any atom is 0.302 e. The summed E-state index contributed by atoms with van der Waals surface area (Å²) in [6.07, 6.45) is -1.11. The Balaban J connectivity index is 1.77. The molecule has 0 bridgehead atoms. The van der Waals surface area contributed by atoms with Crippen molar-refractivity contribution >= 4 is 27.4 Å². The smallest absolute Gasteiger partial charge is 0.302 e. The van der Waals surface area contributed by atoms with Crippen molar-refractivity contribution in [2.75, 3.05) is 26.6 Å². The topological polar surface area (TPSA) is 143 Å². The van der Waals surface area contributed by atoms with Crippen molar-refractivity contribution in [3.05, 3.63) is 41.2 Å². The highest BCUT2D eigenvalue weighted by molar-refractivity contribution is 7.92. The van der Waals surface area contributed by atoms with Gasteiger partial charge >= 0.3 is 5.97 Å². The molecule has 12 nitrogen and oxygen atoms in total. The lowest BCUT2D eigenvalue weighted by atomic mass is 10.0. The number of carbonyl (C=O) groups excluding carboxylic acids is 2. The van der Waals surface area contributed by atoms with Crippen LogP contribution in [0.5, 0.6) is 5.75 Å². The number of aromatic nitrogens is 4. The minimum Gasteiger partial charge on any atom is -0.497 e. The first-order valence-electron chi connectivity index (χ1n) is 9.59. The molecule has 0 saturated carbocycles. The van der Waals surface area contributed by atoms with E-state index in [-0.39, 0.29) is 30.2 Å². The number of hydrogen-bond acceptors (Lipinski definition) is 10. The van der Waals surface area contributed by atoms with Crippen LogP contribution in [-0.4, -0.2) is 83.5 Å². The molecule has 0 unspecified atom stereocenters. The molecule has 0 aliphatic carbocycles. The summed E-state index contributed by atoms with van der Waals surface area (Å²) in [6, 6.07) is 7.25. The number of tetrazole rings is 1. The number of esters is 1. The van der Waals surface area contributed by atoms with Crippen LogP contribution in [0.15, 0.2) is 29.8 Å². The highest BCUT2D eigenvalue weighted by Crippen LogP contribution is 2.41. The molecular weight excluding hydrogens is 442 g/mol. The molecule has 32 heavy (non-hydrogen) atoms. The molecule has 2 atom stereocenters. The third-order valence-corrected chi connectivity index (χ3v) is 7.20. The van der Waals surface area contributed by atoms with Crippen LogP contribution < -0.4 is 4.74 Å². The Hall–Kier alpha value is -3.32. The standard InChI is InChI=1S/C19H21N5O7S/c1-11(25)31-9-13-10-32(27,28)19-16(30-3)18(26)24(19)15(13)17-20-21-22-23(17)8-12-4-6-14(29-2)7-5-12/h4-7,16,19H,8-10H2,1-3H3/t16-,19-/m0/s1. The average molecular weight is 463 g/mol. The molecule has 0 spiro atoms. The fraction of sp³-hybridized carbons (Fsp3) is 0.421. The summed E-state index contributed by atoms with van der Waals surface area (Å²) in [5, 5.41) is 10.6. The van der Waals surface area contributed by atoms with Crippen molar-refractivity contribution in [3.63, 3.8) is 0 Å². The molecule has 0 N–H and O–H groups in total. The molecule has 1 fully saturated rings. The van der Waals surface area contributed by atoms with Gasteiger partial charge in [-0.3, -0.25) is 14.5 Å². The zero-order valence-corrected chi connectivity index (χ0v) is 18.4. The molecule has 1 aromatic heterocycles. The lowest BCUT2D eigenvalue weighted by molar-refractivity contribution is -0.156. The molecule has 4 rings (SSSR count). The van der Waals surface area contributed by atoms with E-state index in [0.717, 1.165) is 10.5 Å². The van der Waals surface area contributed by atoms with E-state index < -0.39 is 38.9 Å². The molecule has 2 aliphatic heterocycles. The van der Waals surface area contributed by atoms with Crippen LogP contribution in [0.3, 0.4) is 0 Å². The number of ether oxygens (including phenoxy) is 3. The Bertz CT molecular complexity index is 1190. The van der Waals surface area contributed by atoms with E-state index in [0.29, 0.717) is 5.75 Å². The molecule has 0 radical (unpaired) electrons. The molecule has 1 saturated heterocycles. The predicted molar refractivity (Wildman–Crippen MR) is 109 cm³/mol. The first-order valence-corrected chi connectivity index (χ1v) is 11.3. The third-order valence-electron chi connectivity index (χ3n) is 5.25. The quantitative estimate of drug-likeness (QED) is 0.394. The second kappa shape index (κ2) is 8.31. The van der Waals surface area contributed by atoms with Gasteiger partial charge in [0.05, 0.1) is 25.1 Å². The largest absolute Gasteiger partial charge is 0.497 e. The number of nitrogens with zero attached hydrogens (tertiary/aromatic N) is 5. The number of methoxy groups -OCH3 is 2. The second-order valence-electron chi connectivity index (χ2n) is 7.30. The molecule has 1 amide bonds. The van der Waals surface area contributed by atoms with Gasteiger partial charge in [0.1, 0.15) is 12.4 Å². The zero-order chi connectivity index (χ0) is 23.0. The minimum absolute atomic E-state index is 0.186.